The minimum atomic E-state index is 0.669. The van der Waals surface area contributed by atoms with E-state index in [1.54, 1.807) is 0 Å². The zero-order valence-corrected chi connectivity index (χ0v) is 26.8. The molecule has 4 nitrogen and oxygen atoms in total. The molecule has 0 unspecified atom stereocenters. The molecule has 0 saturated carbocycles. The summed E-state index contributed by atoms with van der Waals surface area (Å²) in [5, 5.41) is 13.2. The lowest BCUT2D eigenvalue weighted by Gasteiger charge is -2.14. The fourth-order valence-corrected chi connectivity index (χ4v) is 8.79. The van der Waals surface area contributed by atoms with Gasteiger partial charge in [0.1, 0.15) is 0 Å². The van der Waals surface area contributed by atoms with Crippen LogP contribution in [0.1, 0.15) is 0 Å². The number of nitrogens with zero attached hydrogens (tertiary/aromatic N) is 4. The Bertz CT molecular complexity index is 3370. The van der Waals surface area contributed by atoms with Gasteiger partial charge in [-0.25, -0.2) is 9.97 Å². The van der Waals surface area contributed by atoms with Crippen molar-refractivity contribution in [1.82, 2.24) is 18.9 Å². The van der Waals surface area contributed by atoms with E-state index in [9.17, 15) is 0 Å². The van der Waals surface area contributed by atoms with Gasteiger partial charge in [0, 0.05) is 43.3 Å². The first-order valence-corrected chi connectivity index (χ1v) is 17.1. The van der Waals surface area contributed by atoms with E-state index in [2.05, 4.69) is 167 Å². The molecule has 0 fully saturated rings. The van der Waals surface area contributed by atoms with Gasteiger partial charge >= 0.3 is 0 Å². The number of fused-ring (bicyclic) bond motifs is 10. The van der Waals surface area contributed by atoms with Crippen LogP contribution in [0, 0.1) is 0 Å². The third kappa shape index (κ3) is 3.25. The van der Waals surface area contributed by atoms with E-state index in [0.29, 0.717) is 5.95 Å². The van der Waals surface area contributed by atoms with E-state index in [-0.39, 0.29) is 0 Å². The maximum absolute atomic E-state index is 5.54. The highest BCUT2D eigenvalue weighted by Gasteiger charge is 2.25. The van der Waals surface area contributed by atoms with Crippen molar-refractivity contribution in [3.8, 4) is 17.2 Å². The zero-order valence-electron chi connectivity index (χ0n) is 26.8. The largest absolute Gasteiger partial charge is 0.308 e. The average Bonchev–Trinajstić information content (AvgIpc) is 3.67. The molecule has 0 aliphatic heterocycles. The van der Waals surface area contributed by atoms with Gasteiger partial charge in [-0.3, -0.25) is 4.57 Å². The molecule has 4 heterocycles. The average molecular weight is 635 g/mol. The van der Waals surface area contributed by atoms with Crippen molar-refractivity contribution in [2.24, 2.45) is 0 Å². The number of benzene rings is 8. The summed E-state index contributed by atoms with van der Waals surface area (Å²) in [4.78, 5) is 11.0. The summed E-state index contributed by atoms with van der Waals surface area (Å²) in [6.45, 7) is 0. The lowest BCUT2D eigenvalue weighted by molar-refractivity contribution is 1.02. The molecule has 0 atom stereocenters. The Morgan fingerprint density at radius 1 is 0.380 bits per heavy atom. The quantitative estimate of drug-likeness (QED) is 0.177. The van der Waals surface area contributed by atoms with Crippen LogP contribution in [0.15, 0.2) is 158 Å². The van der Waals surface area contributed by atoms with E-state index in [1.165, 1.54) is 65.0 Å². The van der Waals surface area contributed by atoms with Crippen molar-refractivity contribution in [2.75, 3.05) is 0 Å². The topological polar surface area (TPSA) is 35.1 Å². The first kappa shape index (κ1) is 26.2. The molecule has 0 spiro atoms. The number of rotatable bonds is 2. The molecule has 50 heavy (non-hydrogen) atoms. The second-order valence-corrected chi connectivity index (χ2v) is 13.3. The summed E-state index contributed by atoms with van der Waals surface area (Å²) in [6, 6.07) is 56.9. The van der Waals surface area contributed by atoms with Gasteiger partial charge in [0.25, 0.3) is 0 Å². The summed E-state index contributed by atoms with van der Waals surface area (Å²) >= 11 is 0. The molecular weight excluding hydrogens is 609 g/mol. The lowest BCUT2D eigenvalue weighted by atomic mass is 9.99. The summed E-state index contributed by atoms with van der Waals surface area (Å²) in [5.41, 5.74) is 8.79. The maximum Gasteiger partial charge on any atom is 0.235 e. The molecule has 12 rings (SSSR count). The van der Waals surface area contributed by atoms with Gasteiger partial charge in [-0.05, 0) is 51.9 Å². The van der Waals surface area contributed by atoms with Gasteiger partial charge in [0.05, 0.1) is 38.8 Å². The molecule has 0 N–H and O–H groups in total. The molecule has 4 heteroatoms. The number of aromatic nitrogens is 4. The van der Waals surface area contributed by atoms with E-state index >= 15 is 0 Å². The molecule has 0 aliphatic rings. The van der Waals surface area contributed by atoms with Crippen LogP contribution < -0.4 is 0 Å². The van der Waals surface area contributed by atoms with Crippen molar-refractivity contribution in [1.29, 1.82) is 0 Å². The Morgan fingerprint density at radius 3 is 1.92 bits per heavy atom. The van der Waals surface area contributed by atoms with E-state index < -0.39 is 0 Å². The van der Waals surface area contributed by atoms with Crippen LogP contribution in [0.25, 0.3) is 110 Å². The van der Waals surface area contributed by atoms with Crippen LogP contribution >= 0.6 is 0 Å². The monoisotopic (exact) mass is 634 g/mol. The van der Waals surface area contributed by atoms with Crippen molar-refractivity contribution in [3.05, 3.63) is 158 Å². The fraction of sp³-hybridized carbons (Fsp3) is 0. The molecule has 0 aliphatic carbocycles. The second-order valence-electron chi connectivity index (χ2n) is 13.3. The molecule has 12 aromatic rings. The van der Waals surface area contributed by atoms with Crippen molar-refractivity contribution >= 4 is 92.3 Å². The van der Waals surface area contributed by atoms with Gasteiger partial charge < -0.3 is 4.40 Å². The molecule has 8 aromatic carbocycles. The molecule has 0 radical (unpaired) electrons. The highest BCUT2D eigenvalue weighted by molar-refractivity contribution is 6.35. The number of hydrogen-bond donors (Lipinski definition) is 0. The summed E-state index contributed by atoms with van der Waals surface area (Å²) in [7, 11) is 0. The Kier molecular flexibility index (Phi) is 4.94. The third-order valence-corrected chi connectivity index (χ3v) is 10.8. The highest BCUT2D eigenvalue weighted by atomic mass is 15.2. The Balaban J connectivity index is 1.36. The molecule has 0 amide bonds. The molecular formula is C46H26N4. The second kappa shape index (κ2) is 9.43. The smallest absolute Gasteiger partial charge is 0.235 e. The number of para-hydroxylation sites is 2. The molecule has 0 bridgehead atoms. The predicted octanol–water partition coefficient (Wildman–Crippen LogP) is 11.9. The van der Waals surface area contributed by atoms with Gasteiger partial charge in [-0.2, -0.15) is 0 Å². The van der Waals surface area contributed by atoms with Crippen LogP contribution in [-0.2, 0) is 0 Å². The van der Waals surface area contributed by atoms with Crippen molar-refractivity contribution in [3.63, 3.8) is 0 Å². The molecule has 0 saturated heterocycles. The van der Waals surface area contributed by atoms with E-state index in [4.69, 9.17) is 9.97 Å². The van der Waals surface area contributed by atoms with Crippen LogP contribution in [0.2, 0.25) is 0 Å². The molecule has 230 valence electrons. The van der Waals surface area contributed by atoms with Gasteiger partial charge in [0.2, 0.25) is 5.95 Å². The molecule has 4 aromatic heterocycles. The summed E-state index contributed by atoms with van der Waals surface area (Å²) < 4.78 is 4.82. The fourth-order valence-electron chi connectivity index (χ4n) is 8.79. The normalized spacial score (nSPS) is 12.4. The van der Waals surface area contributed by atoms with E-state index in [0.717, 1.165) is 38.6 Å². The standard InChI is InChI=1S/C46H26N4/c1-2-13-28(14-3-1)43-40-30-16-6-4-12-27(30)24-25-36(40)47-46(48-43)50-39-23-11-22-38-42(39)41-35(26-29-15-5-7-17-31(29)45(41)50)34-20-10-19-33-32-18-8-9-21-37(32)49(38)44(33)34/h1-26H. The van der Waals surface area contributed by atoms with Crippen LogP contribution in [-0.4, -0.2) is 18.9 Å². The summed E-state index contributed by atoms with van der Waals surface area (Å²) in [6.07, 6.45) is 0. The Labute approximate surface area is 285 Å². The zero-order chi connectivity index (χ0) is 32.5. The van der Waals surface area contributed by atoms with Crippen LogP contribution in [0.3, 0.4) is 0 Å². The Hall–Kier alpha value is -6.78. The maximum atomic E-state index is 5.54. The predicted molar refractivity (Wildman–Crippen MR) is 209 cm³/mol. The minimum absolute atomic E-state index is 0.669. The SMILES string of the molecule is c1ccc(-c2nc(-n3c4cccc5c4c4c(cc6ccccc6c43)c3cccc4c6ccccc6n5c34)nc3ccc4ccccc4c23)cc1. The van der Waals surface area contributed by atoms with Gasteiger partial charge in [-0.15, -0.1) is 0 Å². The minimum Gasteiger partial charge on any atom is -0.308 e. The third-order valence-electron chi connectivity index (χ3n) is 10.8. The first-order chi connectivity index (χ1) is 24.8. The van der Waals surface area contributed by atoms with Gasteiger partial charge in [-0.1, -0.05) is 127 Å². The highest BCUT2D eigenvalue weighted by Crippen LogP contribution is 2.46. The van der Waals surface area contributed by atoms with Crippen molar-refractivity contribution in [2.45, 2.75) is 0 Å². The van der Waals surface area contributed by atoms with Crippen LogP contribution in [0.5, 0.6) is 0 Å². The van der Waals surface area contributed by atoms with Crippen molar-refractivity contribution < 1.29 is 0 Å². The van der Waals surface area contributed by atoms with E-state index in [1.807, 2.05) is 0 Å². The number of hydrogen-bond acceptors (Lipinski definition) is 2. The first-order valence-electron chi connectivity index (χ1n) is 17.1. The Morgan fingerprint density at radius 2 is 1.04 bits per heavy atom. The van der Waals surface area contributed by atoms with Crippen LogP contribution in [0.4, 0.5) is 0 Å². The summed E-state index contributed by atoms with van der Waals surface area (Å²) in [5.74, 6) is 0.669. The lowest BCUT2D eigenvalue weighted by Crippen LogP contribution is -2.04. The van der Waals surface area contributed by atoms with Gasteiger partial charge in [0.15, 0.2) is 0 Å².